The molecule has 0 aliphatic carbocycles. The lowest BCUT2D eigenvalue weighted by molar-refractivity contribution is -0.131. The summed E-state index contributed by atoms with van der Waals surface area (Å²) >= 11 is 1.20. The number of carboxylic acid groups (broad SMARTS) is 1. The zero-order valence-electron chi connectivity index (χ0n) is 14.1. The summed E-state index contributed by atoms with van der Waals surface area (Å²) in [6.45, 7) is 3.77. The van der Waals surface area contributed by atoms with Crippen LogP contribution >= 0.6 is 11.3 Å². The Morgan fingerprint density at radius 2 is 1.85 bits per heavy atom. The summed E-state index contributed by atoms with van der Waals surface area (Å²) in [6.07, 6.45) is 1.70. The maximum atomic E-state index is 11.8. The third-order valence-electron chi connectivity index (χ3n) is 3.04. The van der Waals surface area contributed by atoms with Gasteiger partial charge in [-0.15, -0.1) is 0 Å². The van der Waals surface area contributed by atoms with Gasteiger partial charge < -0.3 is 20.5 Å². The van der Waals surface area contributed by atoms with Crippen molar-refractivity contribution < 1.29 is 24.2 Å². The smallest absolute Gasteiger partial charge is 0.350 e. The SMILES string of the molecule is CCOC(=O)c1sc(Nc2ccc(NC(=O)/C=C\C(=O)O)cc2)nc1C. The first-order valence-electron chi connectivity index (χ1n) is 7.62. The molecule has 9 heteroatoms. The molecule has 0 bridgehead atoms. The number of anilines is 3. The van der Waals surface area contributed by atoms with Gasteiger partial charge in [-0.25, -0.2) is 14.6 Å². The van der Waals surface area contributed by atoms with Crippen molar-refractivity contribution in [1.82, 2.24) is 4.98 Å². The van der Waals surface area contributed by atoms with Gasteiger partial charge in [-0.2, -0.15) is 0 Å². The van der Waals surface area contributed by atoms with Crippen LogP contribution in [0.15, 0.2) is 36.4 Å². The van der Waals surface area contributed by atoms with Gasteiger partial charge in [-0.3, -0.25) is 4.79 Å². The molecule has 0 aliphatic rings. The maximum absolute atomic E-state index is 11.8. The molecule has 0 radical (unpaired) electrons. The van der Waals surface area contributed by atoms with Crippen LogP contribution in [-0.4, -0.2) is 34.5 Å². The summed E-state index contributed by atoms with van der Waals surface area (Å²) in [6, 6.07) is 6.75. The topological polar surface area (TPSA) is 118 Å². The van der Waals surface area contributed by atoms with Gasteiger partial charge in [0.15, 0.2) is 5.13 Å². The van der Waals surface area contributed by atoms with Crippen molar-refractivity contribution in [3.8, 4) is 0 Å². The van der Waals surface area contributed by atoms with Crippen molar-refractivity contribution in [1.29, 1.82) is 0 Å². The lowest BCUT2D eigenvalue weighted by atomic mass is 10.3. The first kappa shape index (κ1) is 19.1. The Labute approximate surface area is 153 Å². The minimum atomic E-state index is -1.19. The van der Waals surface area contributed by atoms with Crippen molar-refractivity contribution in [3.63, 3.8) is 0 Å². The Balaban J connectivity index is 2.01. The van der Waals surface area contributed by atoms with Crippen LogP contribution in [0.25, 0.3) is 0 Å². The molecular weight excluding hydrogens is 358 g/mol. The predicted octanol–water partition coefficient (Wildman–Crippen LogP) is 2.95. The predicted molar refractivity (Wildman–Crippen MR) is 97.9 cm³/mol. The molecule has 0 atom stereocenters. The Morgan fingerprint density at radius 1 is 1.19 bits per heavy atom. The average molecular weight is 375 g/mol. The third kappa shape index (κ3) is 5.42. The number of thiazole rings is 1. The van der Waals surface area contributed by atoms with Gasteiger partial charge in [0.05, 0.1) is 12.3 Å². The van der Waals surface area contributed by atoms with Crippen LogP contribution in [0.1, 0.15) is 22.3 Å². The van der Waals surface area contributed by atoms with Crippen LogP contribution < -0.4 is 10.6 Å². The van der Waals surface area contributed by atoms with Crippen LogP contribution in [-0.2, 0) is 14.3 Å². The fourth-order valence-corrected chi connectivity index (χ4v) is 2.81. The molecule has 1 aromatic carbocycles. The zero-order chi connectivity index (χ0) is 19.1. The molecule has 2 aromatic rings. The highest BCUT2D eigenvalue weighted by Gasteiger charge is 2.16. The number of rotatable bonds is 7. The van der Waals surface area contributed by atoms with E-state index in [1.165, 1.54) is 11.3 Å². The monoisotopic (exact) mass is 375 g/mol. The maximum Gasteiger partial charge on any atom is 0.350 e. The van der Waals surface area contributed by atoms with Crippen LogP contribution in [0.3, 0.4) is 0 Å². The van der Waals surface area contributed by atoms with Gasteiger partial charge >= 0.3 is 11.9 Å². The second-order valence-electron chi connectivity index (χ2n) is 5.02. The van der Waals surface area contributed by atoms with E-state index in [1.807, 2.05) is 0 Å². The molecule has 8 nitrogen and oxygen atoms in total. The zero-order valence-corrected chi connectivity index (χ0v) is 14.9. The number of carbonyl (C=O) groups is 3. The fourth-order valence-electron chi connectivity index (χ4n) is 1.93. The first-order valence-corrected chi connectivity index (χ1v) is 8.44. The number of hydrogen-bond acceptors (Lipinski definition) is 7. The van der Waals surface area contributed by atoms with Gasteiger partial charge in [0.25, 0.3) is 0 Å². The van der Waals surface area contributed by atoms with Gasteiger partial charge in [0, 0.05) is 23.5 Å². The minimum Gasteiger partial charge on any atom is -0.478 e. The van der Waals surface area contributed by atoms with Crippen LogP contribution in [0.2, 0.25) is 0 Å². The van der Waals surface area contributed by atoms with Crippen molar-refractivity contribution in [3.05, 3.63) is 47.0 Å². The normalized spacial score (nSPS) is 10.5. The number of aliphatic carboxylic acids is 1. The van der Waals surface area contributed by atoms with Crippen molar-refractivity contribution in [2.45, 2.75) is 13.8 Å². The number of aromatic nitrogens is 1. The molecule has 0 unspecified atom stereocenters. The molecule has 0 aliphatic heterocycles. The van der Waals surface area contributed by atoms with E-state index in [2.05, 4.69) is 15.6 Å². The van der Waals surface area contributed by atoms with Gasteiger partial charge in [-0.1, -0.05) is 11.3 Å². The summed E-state index contributed by atoms with van der Waals surface area (Å²) < 4.78 is 4.98. The van der Waals surface area contributed by atoms with E-state index < -0.39 is 17.8 Å². The lowest BCUT2D eigenvalue weighted by Gasteiger charge is -2.05. The number of hydrogen-bond donors (Lipinski definition) is 3. The molecule has 1 amide bonds. The molecule has 0 saturated carbocycles. The summed E-state index contributed by atoms with van der Waals surface area (Å²) in [7, 11) is 0. The number of carboxylic acids is 1. The molecular formula is C17H17N3O5S. The molecule has 0 saturated heterocycles. The molecule has 136 valence electrons. The first-order chi connectivity index (χ1) is 12.4. The number of amides is 1. The van der Waals surface area contributed by atoms with E-state index >= 15 is 0 Å². The van der Waals surface area contributed by atoms with Gasteiger partial charge in [0.2, 0.25) is 5.91 Å². The van der Waals surface area contributed by atoms with E-state index in [0.717, 1.165) is 12.2 Å². The molecule has 0 fully saturated rings. The van der Waals surface area contributed by atoms with Crippen molar-refractivity contribution >= 4 is 45.7 Å². The molecule has 0 spiro atoms. The molecule has 2 rings (SSSR count). The quantitative estimate of drug-likeness (QED) is 0.503. The average Bonchev–Trinajstić information content (AvgIpc) is 2.95. The van der Waals surface area contributed by atoms with E-state index in [0.29, 0.717) is 33.7 Å². The number of nitrogens with one attached hydrogen (secondary N) is 2. The third-order valence-corrected chi connectivity index (χ3v) is 4.09. The molecule has 1 heterocycles. The van der Waals surface area contributed by atoms with Gasteiger partial charge in [-0.05, 0) is 38.1 Å². The Bertz CT molecular complexity index is 843. The Hall–Kier alpha value is -3.20. The summed E-state index contributed by atoms with van der Waals surface area (Å²) in [5.41, 5.74) is 1.82. The minimum absolute atomic E-state index is 0.299. The van der Waals surface area contributed by atoms with E-state index in [4.69, 9.17) is 9.84 Å². The van der Waals surface area contributed by atoms with Crippen LogP contribution in [0, 0.1) is 6.92 Å². The van der Waals surface area contributed by atoms with Crippen LogP contribution in [0.4, 0.5) is 16.5 Å². The number of benzene rings is 1. The summed E-state index contributed by atoms with van der Waals surface area (Å²) in [4.78, 5) is 38.4. The molecule has 1 aromatic heterocycles. The Kier molecular flexibility index (Phi) is 6.45. The molecule has 26 heavy (non-hydrogen) atoms. The summed E-state index contributed by atoms with van der Waals surface area (Å²) in [5.74, 6) is -2.13. The van der Waals surface area contributed by atoms with Gasteiger partial charge in [0.1, 0.15) is 4.88 Å². The number of aryl methyl sites for hydroxylation is 1. The number of esters is 1. The lowest BCUT2D eigenvalue weighted by Crippen LogP contribution is -2.08. The second kappa shape index (κ2) is 8.77. The van der Waals surface area contributed by atoms with Crippen LogP contribution in [0.5, 0.6) is 0 Å². The van der Waals surface area contributed by atoms with E-state index in [1.54, 1.807) is 38.1 Å². The number of carbonyl (C=O) groups excluding carboxylic acids is 2. The van der Waals surface area contributed by atoms with Crippen molar-refractivity contribution in [2.75, 3.05) is 17.2 Å². The standard InChI is InChI=1S/C17H17N3O5S/c1-3-25-16(24)15-10(2)18-17(26-15)20-12-6-4-11(5-7-12)19-13(21)8-9-14(22)23/h4-9H,3H2,1-2H3,(H,18,20)(H,19,21)(H,22,23)/b9-8-. The van der Waals surface area contributed by atoms with Crippen molar-refractivity contribution in [2.24, 2.45) is 0 Å². The van der Waals surface area contributed by atoms with E-state index in [-0.39, 0.29) is 0 Å². The highest BCUT2D eigenvalue weighted by Crippen LogP contribution is 2.27. The molecule has 3 N–H and O–H groups in total. The summed E-state index contributed by atoms with van der Waals surface area (Å²) in [5, 5.41) is 14.6. The highest BCUT2D eigenvalue weighted by molar-refractivity contribution is 7.17. The second-order valence-corrected chi connectivity index (χ2v) is 6.02. The number of nitrogens with zero attached hydrogens (tertiary/aromatic N) is 1. The Morgan fingerprint density at radius 3 is 2.46 bits per heavy atom. The number of ether oxygens (including phenoxy) is 1. The largest absolute Gasteiger partial charge is 0.478 e. The van der Waals surface area contributed by atoms with E-state index in [9.17, 15) is 14.4 Å². The highest BCUT2D eigenvalue weighted by atomic mass is 32.1. The fraction of sp³-hybridized carbons (Fsp3) is 0.176.